The first kappa shape index (κ1) is 17.0. The lowest BCUT2D eigenvalue weighted by Gasteiger charge is -2.61. The molecule has 7 atom stereocenters. The highest BCUT2D eigenvalue weighted by molar-refractivity contribution is 5.89. The van der Waals surface area contributed by atoms with Gasteiger partial charge < -0.3 is 10.2 Å². The fraction of sp³-hybridized carbons (Fsp3) is 0.952. The van der Waals surface area contributed by atoms with Crippen LogP contribution in [0.1, 0.15) is 78.1 Å². The maximum atomic E-state index is 12.3. The zero-order valence-corrected chi connectivity index (χ0v) is 15.4. The van der Waals surface area contributed by atoms with Gasteiger partial charge in [-0.15, -0.1) is 0 Å². The van der Waals surface area contributed by atoms with Gasteiger partial charge in [-0.1, -0.05) is 26.7 Å². The predicted octanol–water partition coefficient (Wildman–Crippen LogP) is 3.71. The van der Waals surface area contributed by atoms with Gasteiger partial charge in [0.15, 0.2) is 5.78 Å². The van der Waals surface area contributed by atoms with Crippen molar-refractivity contribution in [2.45, 2.75) is 83.7 Å². The van der Waals surface area contributed by atoms with E-state index >= 15 is 0 Å². The van der Waals surface area contributed by atoms with Crippen LogP contribution >= 0.6 is 0 Å². The Hall–Kier alpha value is -0.410. The number of Topliss-reactive ketones (excluding diaryl/α,β-unsaturated/α-hetero) is 1. The Morgan fingerprint density at radius 2 is 1.71 bits per heavy atom. The summed E-state index contributed by atoms with van der Waals surface area (Å²) in [5.41, 5.74) is -1.13. The lowest BCUT2D eigenvalue weighted by molar-refractivity contribution is -0.171. The van der Waals surface area contributed by atoms with Crippen LogP contribution in [0.25, 0.3) is 0 Å². The van der Waals surface area contributed by atoms with Crippen molar-refractivity contribution in [2.75, 3.05) is 6.61 Å². The van der Waals surface area contributed by atoms with Crippen LogP contribution in [0.4, 0.5) is 0 Å². The number of aliphatic hydroxyl groups excluding tert-OH is 1. The van der Waals surface area contributed by atoms with E-state index in [-0.39, 0.29) is 11.2 Å². The molecule has 0 amide bonds. The minimum atomic E-state index is -1.29. The van der Waals surface area contributed by atoms with Crippen LogP contribution in [-0.2, 0) is 4.79 Å². The molecule has 0 aliphatic heterocycles. The molecule has 24 heavy (non-hydrogen) atoms. The molecular formula is C21H34O3. The van der Waals surface area contributed by atoms with Gasteiger partial charge in [-0.3, -0.25) is 4.79 Å². The van der Waals surface area contributed by atoms with Crippen molar-refractivity contribution in [2.24, 2.45) is 34.5 Å². The summed E-state index contributed by atoms with van der Waals surface area (Å²) in [5, 5.41) is 20.6. The third kappa shape index (κ3) is 2.00. The average Bonchev–Trinajstić information content (AvgIpc) is 2.86. The predicted molar refractivity (Wildman–Crippen MR) is 93.4 cm³/mol. The molecule has 3 heteroatoms. The number of fused-ring (bicyclic) bond motifs is 5. The molecule has 4 saturated carbocycles. The Bertz CT molecular complexity index is 531. The second-order valence-electron chi connectivity index (χ2n) is 9.84. The highest BCUT2D eigenvalue weighted by atomic mass is 16.3. The molecule has 4 rings (SSSR count). The second kappa shape index (κ2) is 5.54. The normalized spacial score (nSPS) is 53.8. The van der Waals surface area contributed by atoms with Gasteiger partial charge in [0.05, 0.1) is 0 Å². The van der Waals surface area contributed by atoms with Gasteiger partial charge in [0.25, 0.3) is 0 Å². The molecule has 136 valence electrons. The highest BCUT2D eigenvalue weighted by Gasteiger charge is 2.66. The smallest absolute Gasteiger partial charge is 0.190 e. The van der Waals surface area contributed by atoms with E-state index in [1.807, 2.05) is 0 Å². The topological polar surface area (TPSA) is 57.5 Å². The largest absolute Gasteiger partial charge is 0.388 e. The van der Waals surface area contributed by atoms with E-state index in [0.717, 1.165) is 31.1 Å². The van der Waals surface area contributed by atoms with Gasteiger partial charge in [-0.05, 0) is 80.5 Å². The molecule has 4 aliphatic rings. The van der Waals surface area contributed by atoms with Crippen molar-refractivity contribution >= 4 is 5.78 Å². The monoisotopic (exact) mass is 334 g/mol. The Morgan fingerprint density at radius 3 is 2.46 bits per heavy atom. The summed E-state index contributed by atoms with van der Waals surface area (Å²) < 4.78 is 0. The molecule has 0 spiro atoms. The van der Waals surface area contributed by atoms with Crippen molar-refractivity contribution in [1.82, 2.24) is 0 Å². The van der Waals surface area contributed by atoms with E-state index in [9.17, 15) is 15.0 Å². The number of rotatable bonds is 2. The molecule has 0 aromatic carbocycles. The summed E-state index contributed by atoms with van der Waals surface area (Å²) in [6.07, 6.45) is 11.8. The standard InChI is InChI=1S/C21H34O3/c1-19-10-4-3-5-14(19)6-7-15-16(19)8-11-20(2)17(15)9-12-21(20,24)18(23)13-22/h14-17,22,24H,3-13H2,1-2H3. The molecule has 0 aromatic rings. The van der Waals surface area contributed by atoms with Crippen molar-refractivity contribution in [3.63, 3.8) is 0 Å². The quantitative estimate of drug-likeness (QED) is 0.809. The maximum absolute atomic E-state index is 12.3. The fourth-order valence-electron chi connectivity index (χ4n) is 7.90. The molecule has 4 fully saturated rings. The third-order valence-corrected chi connectivity index (χ3v) is 9.34. The van der Waals surface area contributed by atoms with Crippen LogP contribution in [-0.4, -0.2) is 28.2 Å². The van der Waals surface area contributed by atoms with E-state index in [4.69, 9.17) is 0 Å². The number of hydrogen-bond acceptors (Lipinski definition) is 3. The summed E-state index contributed by atoms with van der Waals surface area (Å²) >= 11 is 0. The lowest BCUT2D eigenvalue weighted by Crippen LogP contribution is -2.58. The van der Waals surface area contributed by atoms with Crippen LogP contribution in [0.5, 0.6) is 0 Å². The maximum Gasteiger partial charge on any atom is 0.190 e. The highest BCUT2D eigenvalue weighted by Crippen LogP contribution is 2.68. The van der Waals surface area contributed by atoms with E-state index in [1.54, 1.807) is 0 Å². The zero-order valence-electron chi connectivity index (χ0n) is 15.4. The Morgan fingerprint density at radius 1 is 0.958 bits per heavy atom. The SMILES string of the molecule is CC12CCCCC1CCC1C2CCC2(C)C1CCC2(O)C(=O)CO. The third-order valence-electron chi connectivity index (χ3n) is 9.34. The second-order valence-corrected chi connectivity index (χ2v) is 9.84. The minimum absolute atomic E-state index is 0.328. The number of hydrogen-bond donors (Lipinski definition) is 2. The van der Waals surface area contributed by atoms with Gasteiger partial charge in [0.2, 0.25) is 0 Å². The van der Waals surface area contributed by atoms with Crippen LogP contribution in [0.2, 0.25) is 0 Å². The first-order chi connectivity index (χ1) is 11.4. The van der Waals surface area contributed by atoms with Crippen LogP contribution in [0.15, 0.2) is 0 Å². The van der Waals surface area contributed by atoms with Gasteiger partial charge in [0, 0.05) is 5.41 Å². The van der Waals surface area contributed by atoms with E-state index in [1.165, 1.54) is 38.5 Å². The van der Waals surface area contributed by atoms with E-state index in [0.29, 0.717) is 23.7 Å². The Labute approximate surface area is 146 Å². The molecule has 0 heterocycles. The average molecular weight is 335 g/mol. The molecule has 3 nitrogen and oxygen atoms in total. The molecular weight excluding hydrogens is 300 g/mol. The molecule has 0 saturated heterocycles. The van der Waals surface area contributed by atoms with Crippen LogP contribution in [0.3, 0.4) is 0 Å². The lowest BCUT2D eigenvalue weighted by atomic mass is 9.44. The Balaban J connectivity index is 1.65. The first-order valence-corrected chi connectivity index (χ1v) is 10.2. The van der Waals surface area contributed by atoms with Gasteiger partial charge in [-0.2, -0.15) is 0 Å². The van der Waals surface area contributed by atoms with Crippen LogP contribution in [0, 0.1) is 34.5 Å². The fourth-order valence-corrected chi connectivity index (χ4v) is 7.90. The summed E-state index contributed by atoms with van der Waals surface area (Å²) in [6.45, 7) is 4.17. The van der Waals surface area contributed by atoms with Crippen molar-refractivity contribution in [3.8, 4) is 0 Å². The molecule has 4 aliphatic carbocycles. The summed E-state index contributed by atoms with van der Waals surface area (Å²) in [4.78, 5) is 12.3. The van der Waals surface area contributed by atoms with Crippen molar-refractivity contribution < 1.29 is 15.0 Å². The number of carbonyl (C=O) groups excluding carboxylic acids is 1. The summed E-state index contributed by atoms with van der Waals surface area (Å²) in [6, 6.07) is 0. The number of carbonyl (C=O) groups is 1. The molecule has 0 radical (unpaired) electrons. The van der Waals surface area contributed by atoms with Crippen LogP contribution < -0.4 is 0 Å². The van der Waals surface area contributed by atoms with Gasteiger partial charge in [0.1, 0.15) is 12.2 Å². The summed E-state index contributed by atoms with van der Waals surface area (Å²) in [5.74, 6) is 2.46. The van der Waals surface area contributed by atoms with Gasteiger partial charge in [-0.25, -0.2) is 0 Å². The Kier molecular flexibility index (Phi) is 3.93. The van der Waals surface area contributed by atoms with E-state index < -0.39 is 12.2 Å². The first-order valence-electron chi connectivity index (χ1n) is 10.2. The van der Waals surface area contributed by atoms with E-state index in [2.05, 4.69) is 13.8 Å². The molecule has 7 unspecified atom stereocenters. The molecule has 0 bridgehead atoms. The van der Waals surface area contributed by atoms with Gasteiger partial charge >= 0.3 is 0 Å². The zero-order chi connectivity index (χ0) is 17.2. The van der Waals surface area contributed by atoms with Crippen molar-refractivity contribution in [3.05, 3.63) is 0 Å². The molecule has 2 N–H and O–H groups in total. The number of ketones is 1. The summed E-state index contributed by atoms with van der Waals surface area (Å²) in [7, 11) is 0. The van der Waals surface area contributed by atoms with Crippen molar-refractivity contribution in [1.29, 1.82) is 0 Å². The number of aliphatic hydroxyl groups is 2. The minimum Gasteiger partial charge on any atom is -0.388 e. The molecule has 0 aromatic heterocycles.